The Kier molecular flexibility index (Phi) is 5.70. The molecule has 0 aliphatic heterocycles. The highest BCUT2D eigenvalue weighted by molar-refractivity contribution is 6.01. The van der Waals surface area contributed by atoms with E-state index < -0.39 is 23.9 Å². The van der Waals surface area contributed by atoms with E-state index in [-0.39, 0.29) is 12.5 Å². The largest absolute Gasteiger partial charge is 0.480 e. The zero-order valence-electron chi connectivity index (χ0n) is 13.0. The summed E-state index contributed by atoms with van der Waals surface area (Å²) in [6, 6.07) is 7.81. The Morgan fingerprint density at radius 3 is 2.48 bits per heavy atom. The smallest absolute Gasteiger partial charge is 0.325 e. The van der Waals surface area contributed by atoms with Gasteiger partial charge in [0.2, 0.25) is 5.91 Å². The maximum Gasteiger partial charge on any atom is 0.325 e. The van der Waals surface area contributed by atoms with Crippen LogP contribution in [-0.2, 0) is 9.59 Å². The van der Waals surface area contributed by atoms with Gasteiger partial charge >= 0.3 is 12.0 Å². The van der Waals surface area contributed by atoms with Crippen molar-refractivity contribution in [2.75, 3.05) is 11.9 Å². The molecule has 124 valence electrons. The fourth-order valence-electron chi connectivity index (χ4n) is 2.34. The van der Waals surface area contributed by atoms with Crippen LogP contribution in [0.5, 0.6) is 0 Å². The molecule has 0 spiro atoms. The molecule has 1 fully saturated rings. The summed E-state index contributed by atoms with van der Waals surface area (Å²) in [5.41, 5.74) is 0.594. The number of para-hydroxylation sites is 1. The van der Waals surface area contributed by atoms with Gasteiger partial charge in [0.15, 0.2) is 0 Å². The standard InChI is InChI=1S/C16H21N3O4/c1-11(15(21)22)19(13-7-8-13)10-9-14(20)18-16(23)17-12-5-3-2-4-6-12/h2-6,11,13H,7-10H2,1H3,(H,21,22)(H2,17,18,20,23). The molecule has 1 atom stereocenters. The number of aliphatic carboxylic acids is 1. The molecule has 0 saturated heterocycles. The Morgan fingerprint density at radius 2 is 1.91 bits per heavy atom. The highest BCUT2D eigenvalue weighted by Crippen LogP contribution is 2.28. The molecule has 7 nitrogen and oxygen atoms in total. The summed E-state index contributed by atoms with van der Waals surface area (Å²) in [4.78, 5) is 36.4. The van der Waals surface area contributed by atoms with Crippen LogP contribution in [-0.4, -0.2) is 46.5 Å². The van der Waals surface area contributed by atoms with E-state index in [2.05, 4.69) is 10.6 Å². The molecule has 0 heterocycles. The van der Waals surface area contributed by atoms with Crippen molar-refractivity contribution in [3.8, 4) is 0 Å². The molecule has 1 aromatic carbocycles. The van der Waals surface area contributed by atoms with Crippen LogP contribution in [0, 0.1) is 0 Å². The zero-order valence-corrected chi connectivity index (χ0v) is 13.0. The predicted octanol–water partition coefficient (Wildman–Crippen LogP) is 1.66. The van der Waals surface area contributed by atoms with Crippen molar-refractivity contribution < 1.29 is 19.5 Å². The third-order valence-corrected chi connectivity index (χ3v) is 3.75. The minimum Gasteiger partial charge on any atom is -0.480 e. The minimum absolute atomic E-state index is 0.0797. The van der Waals surface area contributed by atoms with Crippen molar-refractivity contribution in [3.63, 3.8) is 0 Å². The summed E-state index contributed by atoms with van der Waals surface area (Å²) in [7, 11) is 0. The molecule has 1 unspecified atom stereocenters. The molecule has 0 radical (unpaired) electrons. The van der Waals surface area contributed by atoms with Gasteiger partial charge < -0.3 is 10.4 Å². The topological polar surface area (TPSA) is 98.7 Å². The SMILES string of the molecule is CC(C(=O)O)N(CCC(=O)NC(=O)Nc1ccccc1)C1CC1. The number of carboxylic acids is 1. The summed E-state index contributed by atoms with van der Waals surface area (Å²) in [5.74, 6) is -1.33. The van der Waals surface area contributed by atoms with Crippen LogP contribution >= 0.6 is 0 Å². The Labute approximate surface area is 134 Å². The second kappa shape index (κ2) is 7.73. The number of hydrogen-bond donors (Lipinski definition) is 3. The van der Waals surface area contributed by atoms with Crippen LogP contribution in [0.2, 0.25) is 0 Å². The molecule has 3 N–H and O–H groups in total. The Morgan fingerprint density at radius 1 is 1.26 bits per heavy atom. The lowest BCUT2D eigenvalue weighted by molar-refractivity contribution is -0.143. The average Bonchev–Trinajstić information content (AvgIpc) is 3.32. The maximum absolute atomic E-state index is 11.8. The molecule has 1 aliphatic carbocycles. The zero-order chi connectivity index (χ0) is 16.8. The average molecular weight is 319 g/mol. The van der Waals surface area contributed by atoms with E-state index in [1.54, 1.807) is 36.1 Å². The van der Waals surface area contributed by atoms with Gasteiger partial charge in [-0.2, -0.15) is 0 Å². The number of carboxylic acid groups (broad SMARTS) is 1. The molecular weight excluding hydrogens is 298 g/mol. The first-order valence-corrected chi connectivity index (χ1v) is 7.62. The molecule has 0 bridgehead atoms. The lowest BCUT2D eigenvalue weighted by atomic mass is 10.2. The van der Waals surface area contributed by atoms with Gasteiger partial charge in [-0.3, -0.25) is 19.8 Å². The van der Waals surface area contributed by atoms with Crippen molar-refractivity contribution in [1.29, 1.82) is 0 Å². The summed E-state index contributed by atoms with van der Waals surface area (Å²) in [6.07, 6.45) is 1.98. The van der Waals surface area contributed by atoms with E-state index in [9.17, 15) is 14.4 Å². The number of nitrogens with zero attached hydrogens (tertiary/aromatic N) is 1. The van der Waals surface area contributed by atoms with Crippen molar-refractivity contribution in [3.05, 3.63) is 30.3 Å². The lowest BCUT2D eigenvalue weighted by Gasteiger charge is -2.25. The number of hydrogen-bond acceptors (Lipinski definition) is 4. The normalized spacial score (nSPS) is 15.0. The Hall–Kier alpha value is -2.41. The molecule has 23 heavy (non-hydrogen) atoms. The number of carbonyl (C=O) groups is 3. The van der Waals surface area contributed by atoms with Gasteiger partial charge in [-0.1, -0.05) is 18.2 Å². The van der Waals surface area contributed by atoms with E-state index in [0.717, 1.165) is 12.8 Å². The number of nitrogens with one attached hydrogen (secondary N) is 2. The highest BCUT2D eigenvalue weighted by atomic mass is 16.4. The van der Waals surface area contributed by atoms with E-state index >= 15 is 0 Å². The maximum atomic E-state index is 11.8. The van der Waals surface area contributed by atoms with E-state index in [4.69, 9.17) is 5.11 Å². The second-order valence-corrected chi connectivity index (χ2v) is 5.60. The number of anilines is 1. The molecule has 1 aliphatic rings. The van der Waals surface area contributed by atoms with Gasteiger partial charge in [-0.15, -0.1) is 0 Å². The van der Waals surface area contributed by atoms with Gasteiger partial charge in [0.25, 0.3) is 0 Å². The molecule has 1 saturated carbocycles. The van der Waals surface area contributed by atoms with Crippen LogP contribution in [0.25, 0.3) is 0 Å². The van der Waals surface area contributed by atoms with Gasteiger partial charge in [0.05, 0.1) is 0 Å². The van der Waals surface area contributed by atoms with Crippen molar-refractivity contribution in [2.24, 2.45) is 0 Å². The highest BCUT2D eigenvalue weighted by Gasteiger charge is 2.34. The summed E-state index contributed by atoms with van der Waals surface area (Å²) in [6.45, 7) is 1.93. The molecule has 1 aromatic rings. The number of carbonyl (C=O) groups excluding carboxylic acids is 2. The monoisotopic (exact) mass is 319 g/mol. The van der Waals surface area contributed by atoms with Gasteiger partial charge in [0.1, 0.15) is 6.04 Å². The molecule has 7 heteroatoms. The number of rotatable bonds is 7. The van der Waals surface area contributed by atoms with Crippen LogP contribution in [0.4, 0.5) is 10.5 Å². The van der Waals surface area contributed by atoms with Crippen LogP contribution in [0.15, 0.2) is 30.3 Å². The first kappa shape index (κ1) is 17.0. The van der Waals surface area contributed by atoms with E-state index in [0.29, 0.717) is 12.2 Å². The third kappa shape index (κ3) is 5.37. The number of urea groups is 1. The number of benzene rings is 1. The third-order valence-electron chi connectivity index (χ3n) is 3.75. The first-order chi connectivity index (χ1) is 11.0. The lowest BCUT2D eigenvalue weighted by Crippen LogP contribution is -2.43. The van der Waals surface area contributed by atoms with Crippen molar-refractivity contribution in [1.82, 2.24) is 10.2 Å². The van der Waals surface area contributed by atoms with Crippen molar-refractivity contribution in [2.45, 2.75) is 38.3 Å². The fourth-order valence-corrected chi connectivity index (χ4v) is 2.34. The fraction of sp³-hybridized carbons (Fsp3) is 0.438. The second-order valence-electron chi connectivity index (χ2n) is 5.60. The predicted molar refractivity (Wildman–Crippen MR) is 85.0 cm³/mol. The van der Waals surface area contributed by atoms with E-state index in [1.807, 2.05) is 6.07 Å². The molecule has 3 amide bonds. The van der Waals surface area contributed by atoms with Crippen LogP contribution < -0.4 is 10.6 Å². The van der Waals surface area contributed by atoms with Crippen LogP contribution in [0.3, 0.4) is 0 Å². The van der Waals surface area contributed by atoms with Crippen LogP contribution in [0.1, 0.15) is 26.2 Å². The van der Waals surface area contributed by atoms with Gasteiger partial charge in [-0.05, 0) is 31.9 Å². The Balaban J connectivity index is 1.77. The first-order valence-electron chi connectivity index (χ1n) is 7.62. The van der Waals surface area contributed by atoms with Crippen molar-refractivity contribution >= 4 is 23.6 Å². The molecular formula is C16H21N3O4. The van der Waals surface area contributed by atoms with E-state index in [1.165, 1.54) is 0 Å². The molecule has 2 rings (SSSR count). The number of imide groups is 1. The van der Waals surface area contributed by atoms with Gasteiger partial charge in [-0.25, -0.2) is 4.79 Å². The quantitative estimate of drug-likeness (QED) is 0.710. The summed E-state index contributed by atoms with van der Waals surface area (Å²) < 4.78 is 0. The number of amides is 3. The van der Waals surface area contributed by atoms with Gasteiger partial charge in [0, 0.05) is 24.7 Å². The minimum atomic E-state index is -0.904. The molecule has 0 aromatic heterocycles. The Bertz CT molecular complexity index is 572. The summed E-state index contributed by atoms with van der Waals surface area (Å²) in [5, 5.41) is 13.9. The summed E-state index contributed by atoms with van der Waals surface area (Å²) >= 11 is 0.